The maximum atomic E-state index is 10.6. The smallest absolute Gasteiger partial charge is 0.475 e. The highest BCUT2D eigenvalue weighted by molar-refractivity contribution is 5.73. The molecule has 1 fully saturated rings. The van der Waals surface area contributed by atoms with Crippen molar-refractivity contribution in [3.63, 3.8) is 0 Å². The summed E-state index contributed by atoms with van der Waals surface area (Å²) in [5.74, 6) is -1.54. The van der Waals surface area contributed by atoms with E-state index in [9.17, 15) is 13.2 Å². The molecule has 130 valence electrons. The van der Waals surface area contributed by atoms with Crippen molar-refractivity contribution < 1.29 is 23.1 Å². The SMILES string of the molecule is C[C@@H]1CNC[C@H]1c1cc(-c2ccncc2)n[nH]1.O=C(O)C(F)(F)F. The number of rotatable bonds is 2. The lowest BCUT2D eigenvalue weighted by molar-refractivity contribution is -0.192. The van der Waals surface area contributed by atoms with Crippen molar-refractivity contribution in [1.82, 2.24) is 20.5 Å². The van der Waals surface area contributed by atoms with Crippen LogP contribution in [-0.4, -0.2) is 45.5 Å². The maximum absolute atomic E-state index is 10.6. The molecule has 3 rings (SSSR count). The number of H-pyrrole nitrogens is 1. The molecule has 1 aliphatic rings. The van der Waals surface area contributed by atoms with Crippen LogP contribution in [0.25, 0.3) is 11.3 Å². The minimum Gasteiger partial charge on any atom is -0.475 e. The summed E-state index contributed by atoms with van der Waals surface area (Å²) in [5, 5.41) is 18.1. The first-order chi connectivity index (χ1) is 11.3. The van der Waals surface area contributed by atoms with Gasteiger partial charge in [-0.2, -0.15) is 18.3 Å². The van der Waals surface area contributed by atoms with Crippen LogP contribution in [0.5, 0.6) is 0 Å². The average molecular weight is 342 g/mol. The number of aromatic nitrogens is 3. The molecule has 9 heteroatoms. The summed E-state index contributed by atoms with van der Waals surface area (Å²) >= 11 is 0. The van der Waals surface area contributed by atoms with E-state index in [1.807, 2.05) is 12.1 Å². The Labute approximate surface area is 136 Å². The molecule has 2 aromatic rings. The third-order valence-corrected chi connectivity index (χ3v) is 3.73. The Morgan fingerprint density at radius 1 is 1.29 bits per heavy atom. The monoisotopic (exact) mass is 342 g/mol. The molecule has 0 amide bonds. The molecule has 0 radical (unpaired) electrons. The predicted octanol–water partition coefficient (Wildman–Crippen LogP) is 2.43. The van der Waals surface area contributed by atoms with Crippen molar-refractivity contribution in [2.45, 2.75) is 19.0 Å². The van der Waals surface area contributed by atoms with E-state index in [2.05, 4.69) is 33.5 Å². The first-order valence-electron chi connectivity index (χ1n) is 7.25. The van der Waals surface area contributed by atoms with Crippen LogP contribution in [0.1, 0.15) is 18.5 Å². The van der Waals surface area contributed by atoms with Gasteiger partial charge in [0.1, 0.15) is 0 Å². The Morgan fingerprint density at radius 3 is 2.42 bits per heavy atom. The van der Waals surface area contributed by atoms with Crippen LogP contribution in [0.2, 0.25) is 0 Å². The van der Waals surface area contributed by atoms with Gasteiger partial charge < -0.3 is 10.4 Å². The van der Waals surface area contributed by atoms with Gasteiger partial charge in [-0.05, 0) is 30.7 Å². The van der Waals surface area contributed by atoms with Crippen molar-refractivity contribution in [1.29, 1.82) is 0 Å². The lowest BCUT2D eigenvalue weighted by atomic mass is 9.94. The number of hydrogen-bond acceptors (Lipinski definition) is 4. The Kier molecular flexibility index (Phi) is 5.55. The van der Waals surface area contributed by atoms with Gasteiger partial charge in [-0.3, -0.25) is 10.1 Å². The van der Waals surface area contributed by atoms with Gasteiger partial charge in [0, 0.05) is 36.1 Å². The van der Waals surface area contributed by atoms with Crippen molar-refractivity contribution in [3.05, 3.63) is 36.3 Å². The summed E-state index contributed by atoms with van der Waals surface area (Å²) in [7, 11) is 0. The number of aromatic amines is 1. The molecular weight excluding hydrogens is 325 g/mol. The lowest BCUT2D eigenvalue weighted by Crippen LogP contribution is -2.21. The lowest BCUT2D eigenvalue weighted by Gasteiger charge is -2.10. The number of nitrogens with one attached hydrogen (secondary N) is 2. The summed E-state index contributed by atoms with van der Waals surface area (Å²) in [4.78, 5) is 12.9. The highest BCUT2D eigenvalue weighted by Gasteiger charge is 2.38. The summed E-state index contributed by atoms with van der Waals surface area (Å²) in [6.45, 7) is 4.41. The number of carbonyl (C=O) groups is 1. The molecule has 3 heterocycles. The summed E-state index contributed by atoms with van der Waals surface area (Å²) in [6, 6.07) is 6.12. The number of halogens is 3. The summed E-state index contributed by atoms with van der Waals surface area (Å²) in [6.07, 6.45) is -1.49. The third kappa shape index (κ3) is 4.54. The van der Waals surface area contributed by atoms with E-state index in [1.54, 1.807) is 12.4 Å². The highest BCUT2D eigenvalue weighted by atomic mass is 19.4. The average Bonchev–Trinajstić information content (AvgIpc) is 3.16. The fraction of sp³-hybridized carbons (Fsp3) is 0.400. The molecule has 2 aromatic heterocycles. The minimum atomic E-state index is -5.08. The molecule has 1 saturated heterocycles. The van der Waals surface area contributed by atoms with Crippen LogP contribution in [0, 0.1) is 5.92 Å². The van der Waals surface area contributed by atoms with Crippen LogP contribution in [0.3, 0.4) is 0 Å². The number of nitrogens with zero attached hydrogens (tertiary/aromatic N) is 2. The fourth-order valence-electron chi connectivity index (χ4n) is 2.42. The third-order valence-electron chi connectivity index (χ3n) is 3.73. The first-order valence-corrected chi connectivity index (χ1v) is 7.25. The van der Waals surface area contributed by atoms with Crippen LogP contribution in [0.4, 0.5) is 13.2 Å². The normalized spacial score (nSPS) is 20.3. The second-order valence-electron chi connectivity index (χ2n) is 5.49. The summed E-state index contributed by atoms with van der Waals surface area (Å²) in [5.41, 5.74) is 3.34. The first kappa shape index (κ1) is 17.9. The van der Waals surface area contributed by atoms with E-state index >= 15 is 0 Å². The number of carboxylic acid groups (broad SMARTS) is 1. The molecule has 0 bridgehead atoms. The quantitative estimate of drug-likeness (QED) is 0.780. The fourth-order valence-corrected chi connectivity index (χ4v) is 2.42. The van der Waals surface area contributed by atoms with Gasteiger partial charge in [0.15, 0.2) is 0 Å². The Bertz CT molecular complexity index is 673. The van der Waals surface area contributed by atoms with E-state index in [1.165, 1.54) is 5.69 Å². The van der Waals surface area contributed by atoms with E-state index in [4.69, 9.17) is 9.90 Å². The van der Waals surface area contributed by atoms with Crippen LogP contribution >= 0.6 is 0 Å². The molecule has 0 aromatic carbocycles. The van der Waals surface area contributed by atoms with Crippen LogP contribution < -0.4 is 5.32 Å². The Hall–Kier alpha value is -2.42. The summed E-state index contributed by atoms with van der Waals surface area (Å²) < 4.78 is 31.7. The minimum absolute atomic E-state index is 0.554. The largest absolute Gasteiger partial charge is 0.490 e. The van der Waals surface area contributed by atoms with E-state index in [0.717, 1.165) is 24.3 Å². The number of hydrogen-bond donors (Lipinski definition) is 3. The van der Waals surface area contributed by atoms with E-state index < -0.39 is 12.1 Å². The molecule has 0 saturated carbocycles. The van der Waals surface area contributed by atoms with Crippen molar-refractivity contribution in [3.8, 4) is 11.3 Å². The number of alkyl halides is 3. The Balaban J connectivity index is 0.000000256. The molecule has 0 aliphatic carbocycles. The molecule has 24 heavy (non-hydrogen) atoms. The molecule has 3 N–H and O–H groups in total. The van der Waals surface area contributed by atoms with Gasteiger partial charge in [0.05, 0.1) is 5.69 Å². The zero-order valence-electron chi connectivity index (χ0n) is 12.8. The molecule has 1 aliphatic heterocycles. The topological polar surface area (TPSA) is 90.9 Å². The molecule has 0 unspecified atom stereocenters. The second kappa shape index (κ2) is 7.43. The van der Waals surface area contributed by atoms with Gasteiger partial charge in [0.2, 0.25) is 0 Å². The van der Waals surface area contributed by atoms with Crippen molar-refractivity contribution in [2.75, 3.05) is 13.1 Å². The van der Waals surface area contributed by atoms with E-state index in [0.29, 0.717) is 11.8 Å². The number of carboxylic acids is 1. The van der Waals surface area contributed by atoms with Crippen LogP contribution in [0.15, 0.2) is 30.6 Å². The van der Waals surface area contributed by atoms with Gasteiger partial charge in [-0.1, -0.05) is 6.92 Å². The van der Waals surface area contributed by atoms with Crippen molar-refractivity contribution in [2.24, 2.45) is 5.92 Å². The molecule has 0 spiro atoms. The Morgan fingerprint density at radius 2 is 1.92 bits per heavy atom. The van der Waals surface area contributed by atoms with Gasteiger partial charge in [0.25, 0.3) is 0 Å². The highest BCUT2D eigenvalue weighted by Crippen LogP contribution is 2.28. The molecule has 2 atom stereocenters. The molecule has 6 nitrogen and oxygen atoms in total. The van der Waals surface area contributed by atoms with E-state index in [-0.39, 0.29) is 0 Å². The number of aliphatic carboxylic acids is 1. The zero-order valence-corrected chi connectivity index (χ0v) is 12.8. The van der Waals surface area contributed by atoms with Crippen LogP contribution in [-0.2, 0) is 4.79 Å². The second-order valence-corrected chi connectivity index (χ2v) is 5.49. The van der Waals surface area contributed by atoms with Gasteiger partial charge >= 0.3 is 12.1 Å². The van der Waals surface area contributed by atoms with Gasteiger partial charge in [-0.25, -0.2) is 4.79 Å². The standard InChI is InChI=1S/C13H16N4.C2HF3O2/c1-9-7-15-8-11(9)13-6-12(16-17-13)10-2-4-14-5-3-10;3-2(4,5)1(6)7/h2-6,9,11,15H,7-8H2,1H3,(H,16,17);(H,6,7)/t9-,11-;/m1./s1. The van der Waals surface area contributed by atoms with Gasteiger partial charge in [-0.15, -0.1) is 0 Å². The molecular formula is C15H17F3N4O2. The maximum Gasteiger partial charge on any atom is 0.490 e. The number of pyridine rings is 1. The van der Waals surface area contributed by atoms with Crippen molar-refractivity contribution >= 4 is 5.97 Å². The zero-order chi connectivity index (χ0) is 17.7. The predicted molar refractivity (Wildman–Crippen MR) is 80.3 cm³/mol.